The van der Waals surface area contributed by atoms with Crippen molar-refractivity contribution in [1.82, 2.24) is 20.1 Å². The molecule has 210 valence electrons. The summed E-state index contributed by atoms with van der Waals surface area (Å²) in [7, 11) is 0. The van der Waals surface area contributed by atoms with Crippen LogP contribution in [0.25, 0.3) is 11.3 Å². The number of piperidine rings is 1. The number of pyridine rings is 1. The Kier molecular flexibility index (Phi) is 6.77. The Balaban J connectivity index is 1.28. The lowest BCUT2D eigenvalue weighted by Gasteiger charge is -2.37. The average molecular weight is 576 g/mol. The monoisotopic (exact) mass is 575 g/mol. The number of hydrogen-bond donors (Lipinski definition) is 1. The number of alkyl halides is 2. The van der Waals surface area contributed by atoms with E-state index in [0.29, 0.717) is 28.0 Å². The van der Waals surface area contributed by atoms with Crippen molar-refractivity contribution in [2.24, 2.45) is 5.41 Å². The molecule has 2 aromatic heterocycles. The second-order valence-corrected chi connectivity index (χ2v) is 11.6. The van der Waals surface area contributed by atoms with Gasteiger partial charge in [-0.3, -0.25) is 9.59 Å². The van der Waals surface area contributed by atoms with Crippen LogP contribution in [0.3, 0.4) is 0 Å². The summed E-state index contributed by atoms with van der Waals surface area (Å²) in [6, 6.07) is 18.3. The van der Waals surface area contributed by atoms with Crippen molar-refractivity contribution in [2.75, 3.05) is 18.4 Å². The minimum atomic E-state index is -2.71. The van der Waals surface area contributed by atoms with Crippen molar-refractivity contribution in [1.29, 1.82) is 0 Å². The van der Waals surface area contributed by atoms with E-state index >= 15 is 0 Å². The number of ether oxygens (including phenoxy) is 1. The lowest BCUT2D eigenvalue weighted by Crippen LogP contribution is -2.42. The second-order valence-electron chi connectivity index (χ2n) is 10.8. The number of likely N-dealkylation sites (tertiary alicyclic amines) is 1. The second kappa shape index (κ2) is 10.3. The fourth-order valence-corrected chi connectivity index (χ4v) is 5.83. The largest absolute Gasteiger partial charge is 0.438 e. The van der Waals surface area contributed by atoms with Crippen LogP contribution in [0.1, 0.15) is 54.1 Å². The van der Waals surface area contributed by atoms with Crippen molar-refractivity contribution in [2.45, 2.75) is 38.5 Å². The molecular weight excluding hydrogens is 548 g/mol. The zero-order valence-electron chi connectivity index (χ0n) is 22.4. The quantitative estimate of drug-likeness (QED) is 0.297. The summed E-state index contributed by atoms with van der Waals surface area (Å²) >= 11 is 1.25. The SMILES string of the molecule is CC(C)(C(=O)Nc1nncs1)[C@H]1c2ccccc2Oc2nc(-c3ccc(C(=O)N4CCC(F)(F)CC4)cc3)ccc21. The van der Waals surface area contributed by atoms with Gasteiger partial charge in [-0.2, -0.15) is 0 Å². The zero-order chi connectivity index (χ0) is 28.8. The van der Waals surface area contributed by atoms with E-state index in [1.807, 2.05) is 50.2 Å². The summed E-state index contributed by atoms with van der Waals surface area (Å²) < 4.78 is 33.2. The summed E-state index contributed by atoms with van der Waals surface area (Å²) in [5, 5.41) is 11.0. The smallest absolute Gasteiger partial charge is 0.253 e. The molecule has 1 atom stereocenters. The molecule has 0 aliphatic carbocycles. The molecule has 4 aromatic rings. The molecule has 2 amide bonds. The van der Waals surface area contributed by atoms with E-state index in [4.69, 9.17) is 9.72 Å². The van der Waals surface area contributed by atoms with Gasteiger partial charge in [-0.05, 0) is 24.3 Å². The van der Waals surface area contributed by atoms with Crippen LogP contribution in [0, 0.1) is 5.41 Å². The van der Waals surface area contributed by atoms with Gasteiger partial charge >= 0.3 is 0 Å². The molecule has 6 rings (SSSR count). The number of hydrogen-bond acceptors (Lipinski definition) is 7. The normalized spacial score (nSPS) is 17.7. The number of halogens is 2. The molecule has 0 radical (unpaired) electrons. The average Bonchev–Trinajstić information content (AvgIpc) is 3.48. The number of nitrogens with zero attached hydrogens (tertiary/aromatic N) is 4. The summed E-state index contributed by atoms with van der Waals surface area (Å²) in [5.74, 6) is -2.50. The van der Waals surface area contributed by atoms with Crippen LogP contribution >= 0.6 is 11.3 Å². The Hall–Kier alpha value is -4.25. The van der Waals surface area contributed by atoms with Gasteiger partial charge in [0.1, 0.15) is 11.3 Å². The van der Waals surface area contributed by atoms with Gasteiger partial charge in [0.25, 0.3) is 11.8 Å². The number of anilines is 1. The summed E-state index contributed by atoms with van der Waals surface area (Å²) in [6.07, 6.45) is -0.638. The zero-order valence-corrected chi connectivity index (χ0v) is 23.3. The third-order valence-corrected chi connectivity index (χ3v) is 8.34. The molecule has 2 aliphatic heterocycles. The number of carbonyl (C=O) groups excluding carboxylic acids is 2. The molecule has 4 heterocycles. The predicted octanol–water partition coefficient (Wildman–Crippen LogP) is 6.37. The Labute approximate surface area is 239 Å². The topological polar surface area (TPSA) is 97.3 Å². The predicted molar refractivity (Wildman–Crippen MR) is 150 cm³/mol. The molecule has 2 aliphatic rings. The first-order valence-electron chi connectivity index (χ1n) is 13.3. The van der Waals surface area contributed by atoms with Crippen LogP contribution in [0.15, 0.2) is 66.2 Å². The van der Waals surface area contributed by atoms with Crippen molar-refractivity contribution < 1.29 is 23.1 Å². The van der Waals surface area contributed by atoms with Gasteiger partial charge in [0.15, 0.2) is 0 Å². The molecule has 1 N–H and O–H groups in total. The molecule has 41 heavy (non-hydrogen) atoms. The lowest BCUT2D eigenvalue weighted by molar-refractivity contribution is -0.124. The number of rotatable bonds is 5. The molecule has 0 saturated carbocycles. The maximum atomic E-state index is 13.5. The van der Waals surface area contributed by atoms with Crippen LogP contribution in [-0.4, -0.2) is 50.9 Å². The summed E-state index contributed by atoms with van der Waals surface area (Å²) in [6.45, 7) is 3.84. The maximum Gasteiger partial charge on any atom is 0.253 e. The Morgan fingerprint density at radius 2 is 1.76 bits per heavy atom. The van der Waals surface area contributed by atoms with E-state index in [0.717, 1.165) is 16.7 Å². The maximum absolute atomic E-state index is 13.5. The third-order valence-electron chi connectivity index (χ3n) is 7.73. The first-order valence-corrected chi connectivity index (χ1v) is 14.1. The van der Waals surface area contributed by atoms with Gasteiger partial charge in [-0.15, -0.1) is 10.2 Å². The van der Waals surface area contributed by atoms with E-state index < -0.39 is 11.3 Å². The van der Waals surface area contributed by atoms with Gasteiger partial charge in [0, 0.05) is 54.1 Å². The number of benzene rings is 2. The third kappa shape index (κ3) is 5.17. The molecule has 0 unspecified atom stereocenters. The number of aromatic nitrogens is 3. The van der Waals surface area contributed by atoms with E-state index in [1.165, 1.54) is 16.2 Å². The van der Waals surface area contributed by atoms with Crippen molar-refractivity contribution in [3.8, 4) is 22.9 Å². The molecule has 2 aromatic carbocycles. The van der Waals surface area contributed by atoms with Crippen molar-refractivity contribution >= 4 is 28.3 Å². The molecule has 11 heteroatoms. The van der Waals surface area contributed by atoms with E-state index in [2.05, 4.69) is 15.5 Å². The van der Waals surface area contributed by atoms with Crippen LogP contribution in [0.2, 0.25) is 0 Å². The number of fused-ring (bicyclic) bond motifs is 2. The van der Waals surface area contributed by atoms with E-state index in [9.17, 15) is 18.4 Å². The van der Waals surface area contributed by atoms with Gasteiger partial charge in [0.2, 0.25) is 16.9 Å². The van der Waals surface area contributed by atoms with Crippen LogP contribution < -0.4 is 10.1 Å². The first-order chi connectivity index (χ1) is 19.6. The molecular formula is C30H27F2N5O3S. The number of amides is 2. The highest BCUT2D eigenvalue weighted by Crippen LogP contribution is 2.52. The van der Waals surface area contributed by atoms with Crippen molar-refractivity contribution in [3.05, 3.63) is 82.9 Å². The highest BCUT2D eigenvalue weighted by Gasteiger charge is 2.44. The minimum Gasteiger partial charge on any atom is -0.438 e. The summed E-state index contributed by atoms with van der Waals surface area (Å²) in [5.41, 5.74) is 4.15. The fourth-order valence-electron chi connectivity index (χ4n) is 5.39. The van der Waals surface area contributed by atoms with Crippen LogP contribution in [-0.2, 0) is 4.79 Å². The molecule has 1 fully saturated rings. The Morgan fingerprint density at radius 1 is 1.02 bits per heavy atom. The first kappa shape index (κ1) is 26.9. The van der Waals surface area contributed by atoms with Crippen molar-refractivity contribution in [3.63, 3.8) is 0 Å². The van der Waals surface area contributed by atoms with Crippen LogP contribution in [0.4, 0.5) is 13.9 Å². The van der Waals surface area contributed by atoms with E-state index in [-0.39, 0.29) is 43.7 Å². The summed E-state index contributed by atoms with van der Waals surface area (Å²) in [4.78, 5) is 32.6. The molecule has 1 saturated heterocycles. The molecule has 8 nitrogen and oxygen atoms in total. The molecule has 0 bridgehead atoms. The number of carbonyl (C=O) groups is 2. The van der Waals surface area contributed by atoms with Gasteiger partial charge in [0.05, 0.1) is 11.1 Å². The Bertz CT molecular complexity index is 1600. The Morgan fingerprint density at radius 3 is 2.46 bits per heavy atom. The van der Waals surface area contributed by atoms with Gasteiger partial charge < -0.3 is 15.0 Å². The fraction of sp³-hybridized carbons (Fsp3) is 0.300. The van der Waals surface area contributed by atoms with Gasteiger partial charge in [-0.1, -0.05) is 61.6 Å². The number of nitrogens with one attached hydrogen (secondary N) is 1. The highest BCUT2D eigenvalue weighted by atomic mass is 32.1. The number of para-hydroxylation sites is 1. The highest BCUT2D eigenvalue weighted by molar-refractivity contribution is 7.13. The standard InChI is InChI=1S/C30H27F2N5O3S/c1-29(2,27(39)35-28-36-33-17-41-28)24-20-5-3-4-6-23(20)40-25-21(24)11-12-22(34-25)18-7-9-19(10-8-18)26(38)37-15-13-30(31,32)14-16-37/h3-12,17,24H,13-16H2,1-2H3,(H,35,36,39)/t24-/m0/s1. The van der Waals surface area contributed by atoms with Gasteiger partial charge in [-0.25, -0.2) is 13.8 Å². The van der Waals surface area contributed by atoms with E-state index in [1.54, 1.807) is 29.8 Å². The lowest BCUT2D eigenvalue weighted by atomic mass is 9.69. The molecule has 0 spiro atoms. The minimum absolute atomic E-state index is 0.0367. The van der Waals surface area contributed by atoms with Crippen LogP contribution in [0.5, 0.6) is 11.6 Å².